The Balaban J connectivity index is 1.43. The van der Waals surface area contributed by atoms with Crippen LogP contribution < -0.4 is 5.32 Å². The number of hydrogen-bond donors (Lipinski definition) is 1. The summed E-state index contributed by atoms with van der Waals surface area (Å²) >= 11 is 6.01. The van der Waals surface area contributed by atoms with Crippen molar-refractivity contribution in [2.75, 3.05) is 0 Å². The molecule has 0 aliphatic heterocycles. The van der Waals surface area contributed by atoms with Crippen molar-refractivity contribution in [3.05, 3.63) is 82.9 Å². The van der Waals surface area contributed by atoms with Crippen molar-refractivity contribution in [3.63, 3.8) is 0 Å². The number of hydrogen-bond acceptors (Lipinski definition) is 3. The van der Waals surface area contributed by atoms with Gasteiger partial charge in [-0.3, -0.25) is 14.5 Å². The standard InChI is InChI=1S/C23H22ClF3N4O/c24-20-7-4-17(23(25,26)27)14-19(20)22(32)30-18-5-2-15(3-6-18)21(31-13-1-10-29-31)16-8-11-28-12-9-16/h1,4,7-15,18,21H,2-3,5-6H2,(H,30,32). The lowest BCUT2D eigenvalue weighted by Crippen LogP contribution is -2.39. The number of halogens is 4. The van der Waals surface area contributed by atoms with Gasteiger partial charge in [-0.15, -0.1) is 0 Å². The van der Waals surface area contributed by atoms with Crippen LogP contribution in [0.3, 0.4) is 0 Å². The van der Waals surface area contributed by atoms with Crippen molar-refractivity contribution in [1.82, 2.24) is 20.1 Å². The molecule has 1 unspecified atom stereocenters. The predicted octanol–water partition coefficient (Wildman–Crippen LogP) is 5.53. The molecule has 2 heterocycles. The Morgan fingerprint density at radius 2 is 1.81 bits per heavy atom. The van der Waals surface area contributed by atoms with Crippen LogP contribution >= 0.6 is 11.6 Å². The topological polar surface area (TPSA) is 59.8 Å². The fourth-order valence-electron chi connectivity index (χ4n) is 4.36. The van der Waals surface area contributed by atoms with Crippen molar-refractivity contribution in [2.45, 2.75) is 43.9 Å². The lowest BCUT2D eigenvalue weighted by atomic mass is 9.79. The van der Waals surface area contributed by atoms with E-state index in [-0.39, 0.29) is 22.7 Å². The quantitative estimate of drug-likeness (QED) is 0.542. The molecule has 3 aromatic rings. The summed E-state index contributed by atoms with van der Waals surface area (Å²) in [5.74, 6) is -0.273. The highest BCUT2D eigenvalue weighted by Crippen LogP contribution is 2.37. The van der Waals surface area contributed by atoms with Crippen LogP contribution in [0.2, 0.25) is 5.02 Å². The van der Waals surface area contributed by atoms with Crippen LogP contribution in [0.1, 0.15) is 53.2 Å². The molecule has 4 rings (SSSR count). The molecule has 1 amide bonds. The number of carbonyl (C=O) groups is 1. The first-order chi connectivity index (χ1) is 15.3. The van der Waals surface area contributed by atoms with Gasteiger partial charge in [-0.2, -0.15) is 18.3 Å². The van der Waals surface area contributed by atoms with Gasteiger partial charge in [0.05, 0.1) is 22.2 Å². The van der Waals surface area contributed by atoms with Gasteiger partial charge in [-0.25, -0.2) is 0 Å². The molecule has 168 valence electrons. The molecule has 0 bridgehead atoms. The van der Waals surface area contributed by atoms with E-state index in [1.807, 2.05) is 29.1 Å². The Labute approximate surface area is 188 Å². The average Bonchev–Trinajstić information content (AvgIpc) is 3.29. The third kappa shape index (κ3) is 4.96. The molecule has 1 N–H and O–H groups in total. The first kappa shape index (κ1) is 22.3. The molecule has 1 aliphatic carbocycles. The molecule has 1 atom stereocenters. The number of amides is 1. The van der Waals surface area contributed by atoms with Crippen LogP contribution in [0.25, 0.3) is 0 Å². The zero-order valence-electron chi connectivity index (χ0n) is 17.1. The minimum Gasteiger partial charge on any atom is -0.349 e. The molecule has 0 radical (unpaired) electrons. The fraction of sp³-hybridized carbons (Fsp3) is 0.348. The second-order valence-electron chi connectivity index (χ2n) is 7.99. The van der Waals surface area contributed by atoms with Gasteiger partial charge >= 0.3 is 6.18 Å². The second kappa shape index (κ2) is 9.32. The molecule has 1 fully saturated rings. The van der Waals surface area contributed by atoms with Gasteiger partial charge in [-0.1, -0.05) is 11.6 Å². The second-order valence-corrected chi connectivity index (χ2v) is 8.40. The Bertz CT molecular complexity index is 1050. The number of benzene rings is 1. The van der Waals surface area contributed by atoms with Gasteiger partial charge in [0.25, 0.3) is 5.91 Å². The van der Waals surface area contributed by atoms with Crippen LogP contribution in [0.5, 0.6) is 0 Å². The van der Waals surface area contributed by atoms with E-state index in [4.69, 9.17) is 11.6 Å². The molecule has 1 saturated carbocycles. The third-order valence-corrected chi connectivity index (χ3v) is 6.28. The summed E-state index contributed by atoms with van der Waals surface area (Å²) in [6.07, 6.45) is 5.79. The van der Waals surface area contributed by atoms with Gasteiger partial charge < -0.3 is 5.32 Å². The number of alkyl halides is 3. The zero-order valence-corrected chi connectivity index (χ0v) is 17.9. The molecule has 1 aliphatic rings. The Morgan fingerprint density at radius 1 is 1.09 bits per heavy atom. The van der Waals surface area contributed by atoms with E-state index in [1.165, 1.54) is 0 Å². The van der Waals surface area contributed by atoms with Gasteiger partial charge in [-0.05, 0) is 73.6 Å². The fourth-order valence-corrected chi connectivity index (χ4v) is 4.57. The summed E-state index contributed by atoms with van der Waals surface area (Å²) < 4.78 is 41.0. The maximum absolute atomic E-state index is 13.0. The van der Waals surface area contributed by atoms with Gasteiger partial charge in [0.2, 0.25) is 0 Å². The highest BCUT2D eigenvalue weighted by molar-refractivity contribution is 6.33. The summed E-state index contributed by atoms with van der Waals surface area (Å²) in [4.78, 5) is 16.8. The predicted molar refractivity (Wildman–Crippen MR) is 114 cm³/mol. The highest BCUT2D eigenvalue weighted by Gasteiger charge is 2.33. The summed E-state index contributed by atoms with van der Waals surface area (Å²) in [5.41, 5.74) is 0.0666. The summed E-state index contributed by atoms with van der Waals surface area (Å²) in [5, 5.41) is 7.30. The van der Waals surface area contributed by atoms with Gasteiger partial charge in [0.15, 0.2) is 0 Å². The Kier molecular flexibility index (Phi) is 6.50. The monoisotopic (exact) mass is 462 g/mol. The van der Waals surface area contributed by atoms with E-state index < -0.39 is 17.6 Å². The number of pyridine rings is 1. The number of nitrogens with zero attached hydrogens (tertiary/aromatic N) is 3. The molecule has 2 aromatic heterocycles. The van der Waals surface area contributed by atoms with Gasteiger partial charge in [0, 0.05) is 30.8 Å². The highest BCUT2D eigenvalue weighted by atomic mass is 35.5. The first-order valence-corrected chi connectivity index (χ1v) is 10.8. The minimum atomic E-state index is -4.54. The summed E-state index contributed by atoms with van der Waals surface area (Å²) in [7, 11) is 0. The zero-order chi connectivity index (χ0) is 22.7. The lowest BCUT2D eigenvalue weighted by molar-refractivity contribution is -0.137. The van der Waals surface area contributed by atoms with Crippen LogP contribution in [0.15, 0.2) is 61.2 Å². The minimum absolute atomic E-state index is 0.000573. The van der Waals surface area contributed by atoms with Crippen molar-refractivity contribution in [1.29, 1.82) is 0 Å². The van der Waals surface area contributed by atoms with Crippen LogP contribution in [-0.4, -0.2) is 26.7 Å². The number of carbonyl (C=O) groups excluding carboxylic acids is 1. The van der Waals surface area contributed by atoms with Crippen LogP contribution in [-0.2, 0) is 6.18 Å². The molecule has 32 heavy (non-hydrogen) atoms. The SMILES string of the molecule is O=C(NC1CCC(C(c2ccncc2)n2cccn2)CC1)c1cc(C(F)(F)F)ccc1Cl. The Hall–Kier alpha value is -2.87. The number of nitrogens with one attached hydrogen (secondary N) is 1. The summed E-state index contributed by atoms with van der Waals surface area (Å²) in [6, 6.07) is 8.58. The Morgan fingerprint density at radius 3 is 2.44 bits per heavy atom. The van der Waals surface area contributed by atoms with E-state index >= 15 is 0 Å². The molecule has 9 heteroatoms. The van der Waals surface area contributed by atoms with Crippen molar-refractivity contribution >= 4 is 17.5 Å². The van der Waals surface area contributed by atoms with Crippen LogP contribution in [0.4, 0.5) is 13.2 Å². The van der Waals surface area contributed by atoms with Crippen molar-refractivity contribution < 1.29 is 18.0 Å². The van der Waals surface area contributed by atoms with E-state index in [9.17, 15) is 18.0 Å². The number of aromatic nitrogens is 3. The third-order valence-electron chi connectivity index (χ3n) is 5.95. The molecule has 0 spiro atoms. The molecular weight excluding hydrogens is 441 g/mol. The normalized spacial score (nSPS) is 20.0. The van der Waals surface area contributed by atoms with E-state index in [0.717, 1.165) is 49.4 Å². The molecule has 5 nitrogen and oxygen atoms in total. The largest absolute Gasteiger partial charge is 0.416 e. The molecule has 1 aromatic carbocycles. The lowest BCUT2D eigenvalue weighted by Gasteiger charge is -2.34. The van der Waals surface area contributed by atoms with Gasteiger partial charge in [0.1, 0.15) is 0 Å². The average molecular weight is 463 g/mol. The van der Waals surface area contributed by atoms with E-state index in [0.29, 0.717) is 5.92 Å². The first-order valence-electron chi connectivity index (χ1n) is 10.4. The van der Waals surface area contributed by atoms with E-state index in [1.54, 1.807) is 18.6 Å². The summed E-state index contributed by atoms with van der Waals surface area (Å²) in [6.45, 7) is 0. The maximum atomic E-state index is 13.0. The molecular formula is C23H22ClF3N4O. The van der Waals surface area contributed by atoms with Crippen LogP contribution in [0, 0.1) is 5.92 Å². The smallest absolute Gasteiger partial charge is 0.349 e. The van der Waals surface area contributed by atoms with Crippen molar-refractivity contribution in [2.24, 2.45) is 5.92 Å². The number of rotatable bonds is 5. The maximum Gasteiger partial charge on any atom is 0.416 e. The van der Waals surface area contributed by atoms with E-state index in [2.05, 4.69) is 15.4 Å². The molecule has 0 saturated heterocycles. The van der Waals surface area contributed by atoms with Crippen molar-refractivity contribution in [3.8, 4) is 0 Å².